The third kappa shape index (κ3) is 1.49. The van der Waals surface area contributed by atoms with Crippen LogP contribution in [0.2, 0.25) is 0 Å². The van der Waals surface area contributed by atoms with Crippen LogP contribution in [0.1, 0.15) is 0 Å². The van der Waals surface area contributed by atoms with E-state index in [9.17, 15) is 0 Å². The molecule has 0 amide bonds. The van der Waals surface area contributed by atoms with Gasteiger partial charge in [0.15, 0.2) is 0 Å². The average Bonchev–Trinajstić information content (AvgIpc) is 1.30. The highest BCUT2D eigenvalue weighted by molar-refractivity contribution is 8.93. The van der Waals surface area contributed by atoms with Gasteiger partial charge in [0, 0.05) is 17.5 Å². The van der Waals surface area contributed by atoms with Crippen LogP contribution in [-0.4, -0.2) is 17.5 Å². The predicted molar refractivity (Wildman–Crippen MR) is 35.6 cm³/mol. The van der Waals surface area contributed by atoms with Gasteiger partial charge in [0.25, 0.3) is 0 Å². The molecule has 38 valence electrons. The van der Waals surface area contributed by atoms with Crippen LogP contribution in [0.15, 0.2) is 0 Å². The molecule has 0 radical (unpaired) electrons. The molecule has 0 saturated carbocycles. The van der Waals surface area contributed by atoms with Crippen molar-refractivity contribution in [3.8, 4) is 0 Å². The summed E-state index contributed by atoms with van der Waals surface area (Å²) >= 11 is 1.92. The Morgan fingerprint density at radius 1 is 1.50 bits per heavy atom. The second-order valence-electron chi connectivity index (χ2n) is 1.30. The maximum Gasteiger partial charge on any atom is 0.0222 e. The molecule has 0 atom stereocenters. The van der Waals surface area contributed by atoms with Gasteiger partial charge >= 0.3 is 0 Å². The molecular weight excluding hydrogens is 162 g/mol. The Bertz CT molecular complexity index is 37.8. The van der Waals surface area contributed by atoms with Gasteiger partial charge in [-0.05, 0) is 0 Å². The molecule has 1 aliphatic rings. The summed E-state index contributed by atoms with van der Waals surface area (Å²) in [6, 6.07) is 0.528. The highest BCUT2D eigenvalue weighted by atomic mass is 79.9. The van der Waals surface area contributed by atoms with E-state index in [1.54, 1.807) is 0 Å². The summed E-state index contributed by atoms with van der Waals surface area (Å²) in [7, 11) is 0. The first-order valence-electron chi connectivity index (χ1n) is 1.73. The molecule has 0 aromatic rings. The van der Waals surface area contributed by atoms with Crippen molar-refractivity contribution in [3.63, 3.8) is 0 Å². The lowest BCUT2D eigenvalue weighted by Crippen LogP contribution is -2.33. The third-order valence-electron chi connectivity index (χ3n) is 0.664. The minimum atomic E-state index is 0. The van der Waals surface area contributed by atoms with E-state index in [0.29, 0.717) is 6.04 Å². The Hall–Kier alpha value is 0.790. The van der Waals surface area contributed by atoms with Gasteiger partial charge in [0.1, 0.15) is 0 Å². The minimum absolute atomic E-state index is 0. The van der Waals surface area contributed by atoms with Gasteiger partial charge in [-0.1, -0.05) is 0 Å². The van der Waals surface area contributed by atoms with Gasteiger partial charge in [0.05, 0.1) is 0 Å². The molecule has 0 aliphatic carbocycles. The number of hydrogen-bond acceptors (Lipinski definition) is 2. The summed E-state index contributed by atoms with van der Waals surface area (Å²) in [4.78, 5) is 0. The van der Waals surface area contributed by atoms with Crippen LogP contribution >= 0.6 is 28.7 Å². The fourth-order valence-corrected chi connectivity index (χ4v) is 0.762. The molecule has 0 aromatic carbocycles. The molecule has 1 nitrogen and oxygen atoms in total. The van der Waals surface area contributed by atoms with Gasteiger partial charge in [-0.2, -0.15) is 11.8 Å². The molecule has 1 heterocycles. The summed E-state index contributed by atoms with van der Waals surface area (Å²) in [5.41, 5.74) is 5.36. The zero-order chi connectivity index (χ0) is 3.70. The third-order valence-corrected chi connectivity index (χ3v) is 1.99. The molecular formula is C3H8BrNS. The van der Waals surface area contributed by atoms with Crippen molar-refractivity contribution < 1.29 is 0 Å². The fourth-order valence-electron chi connectivity index (χ4n) is 0.254. The first kappa shape index (κ1) is 6.79. The van der Waals surface area contributed by atoms with Crippen LogP contribution < -0.4 is 5.73 Å². The zero-order valence-electron chi connectivity index (χ0n) is 3.39. The fraction of sp³-hybridized carbons (Fsp3) is 1.00. The molecule has 1 saturated heterocycles. The van der Waals surface area contributed by atoms with Gasteiger partial charge < -0.3 is 5.73 Å². The number of rotatable bonds is 0. The van der Waals surface area contributed by atoms with Crippen molar-refractivity contribution in [1.29, 1.82) is 0 Å². The first-order valence-corrected chi connectivity index (χ1v) is 2.88. The minimum Gasteiger partial charge on any atom is -0.326 e. The van der Waals surface area contributed by atoms with Crippen LogP contribution in [0, 0.1) is 0 Å². The predicted octanol–water partition coefficient (Wildman–Crippen LogP) is 0.638. The molecule has 1 aliphatic heterocycles. The first-order chi connectivity index (χ1) is 2.39. The largest absolute Gasteiger partial charge is 0.326 e. The van der Waals surface area contributed by atoms with E-state index >= 15 is 0 Å². The maximum atomic E-state index is 5.36. The molecule has 1 fully saturated rings. The summed E-state index contributed by atoms with van der Waals surface area (Å²) in [6.07, 6.45) is 0. The van der Waals surface area contributed by atoms with Crippen molar-refractivity contribution >= 4 is 28.7 Å². The number of halogens is 1. The van der Waals surface area contributed by atoms with Gasteiger partial charge in [-0.15, -0.1) is 17.0 Å². The molecule has 0 aromatic heterocycles. The van der Waals surface area contributed by atoms with Crippen molar-refractivity contribution in [3.05, 3.63) is 0 Å². The topological polar surface area (TPSA) is 26.0 Å². The molecule has 0 bridgehead atoms. The van der Waals surface area contributed by atoms with E-state index in [-0.39, 0.29) is 17.0 Å². The van der Waals surface area contributed by atoms with Gasteiger partial charge in [0.2, 0.25) is 0 Å². The van der Waals surface area contributed by atoms with Crippen molar-refractivity contribution in [2.75, 3.05) is 11.5 Å². The SMILES string of the molecule is Br.NC1CSC1. The average molecular weight is 170 g/mol. The number of hydrogen-bond donors (Lipinski definition) is 1. The Balaban J connectivity index is 0.000000250. The second kappa shape index (κ2) is 2.88. The van der Waals surface area contributed by atoms with Crippen LogP contribution in [-0.2, 0) is 0 Å². The van der Waals surface area contributed by atoms with Crippen molar-refractivity contribution in [2.45, 2.75) is 6.04 Å². The number of nitrogens with two attached hydrogens (primary N) is 1. The van der Waals surface area contributed by atoms with Crippen molar-refractivity contribution in [1.82, 2.24) is 0 Å². The van der Waals surface area contributed by atoms with Gasteiger partial charge in [-0.3, -0.25) is 0 Å². The molecule has 0 unspecified atom stereocenters. The van der Waals surface area contributed by atoms with E-state index in [2.05, 4.69) is 0 Å². The number of thioether (sulfide) groups is 1. The normalized spacial score (nSPS) is 21.5. The second-order valence-corrected chi connectivity index (χ2v) is 2.37. The Morgan fingerprint density at radius 2 is 1.83 bits per heavy atom. The van der Waals surface area contributed by atoms with Crippen LogP contribution in [0.25, 0.3) is 0 Å². The highest BCUT2D eigenvalue weighted by Crippen LogP contribution is 2.13. The van der Waals surface area contributed by atoms with Gasteiger partial charge in [-0.25, -0.2) is 0 Å². The Kier molecular flexibility index (Phi) is 3.26. The highest BCUT2D eigenvalue weighted by Gasteiger charge is 2.10. The maximum absolute atomic E-state index is 5.36. The van der Waals surface area contributed by atoms with E-state index < -0.39 is 0 Å². The lowest BCUT2D eigenvalue weighted by molar-refractivity contribution is 0.819. The van der Waals surface area contributed by atoms with Crippen LogP contribution in [0.3, 0.4) is 0 Å². The zero-order valence-corrected chi connectivity index (χ0v) is 5.91. The molecule has 0 spiro atoms. The van der Waals surface area contributed by atoms with Crippen molar-refractivity contribution in [2.24, 2.45) is 5.73 Å². The Labute approximate surface area is 52.4 Å². The molecule has 6 heavy (non-hydrogen) atoms. The monoisotopic (exact) mass is 169 g/mol. The summed E-state index contributed by atoms with van der Waals surface area (Å²) < 4.78 is 0. The molecule has 1 rings (SSSR count). The van der Waals surface area contributed by atoms with E-state index in [0.717, 1.165) is 0 Å². The summed E-state index contributed by atoms with van der Waals surface area (Å²) in [5.74, 6) is 2.36. The summed E-state index contributed by atoms with van der Waals surface area (Å²) in [6.45, 7) is 0. The lowest BCUT2D eigenvalue weighted by Gasteiger charge is -2.18. The molecule has 3 heteroatoms. The quantitative estimate of drug-likeness (QED) is 0.577. The summed E-state index contributed by atoms with van der Waals surface area (Å²) in [5, 5.41) is 0. The van der Waals surface area contributed by atoms with Crippen LogP contribution in [0.4, 0.5) is 0 Å². The van der Waals surface area contributed by atoms with E-state index in [1.165, 1.54) is 11.5 Å². The smallest absolute Gasteiger partial charge is 0.0222 e. The lowest BCUT2D eigenvalue weighted by atomic mass is 10.4. The van der Waals surface area contributed by atoms with Crippen LogP contribution in [0.5, 0.6) is 0 Å². The van der Waals surface area contributed by atoms with E-state index in [4.69, 9.17) is 5.73 Å². The standard InChI is InChI=1S/C3H7NS.BrH/c4-3-1-5-2-3;/h3H,1-2,4H2;1H. The molecule has 2 N–H and O–H groups in total. The van der Waals surface area contributed by atoms with E-state index in [1.807, 2.05) is 11.8 Å². The Morgan fingerprint density at radius 3 is 1.83 bits per heavy atom.